The summed E-state index contributed by atoms with van der Waals surface area (Å²) < 4.78 is 43.2. The van der Waals surface area contributed by atoms with E-state index >= 15 is 0 Å². The predicted molar refractivity (Wildman–Crippen MR) is 88.0 cm³/mol. The molecular formula is C17H27F3N2O4. The smallest absolute Gasteiger partial charge is 0.464 e. The summed E-state index contributed by atoms with van der Waals surface area (Å²) in [5, 5.41) is 2.50. The fourth-order valence-electron chi connectivity index (χ4n) is 2.77. The molecule has 2 amide bonds. The zero-order chi connectivity index (χ0) is 19.9. The van der Waals surface area contributed by atoms with Crippen molar-refractivity contribution in [3.05, 3.63) is 0 Å². The highest BCUT2D eigenvalue weighted by atomic mass is 19.4. The van der Waals surface area contributed by atoms with E-state index in [1.54, 1.807) is 6.92 Å². The van der Waals surface area contributed by atoms with Crippen LogP contribution in [0.3, 0.4) is 0 Å². The van der Waals surface area contributed by atoms with Crippen LogP contribution in [-0.2, 0) is 19.1 Å². The Balaban J connectivity index is 2.81. The molecule has 9 heteroatoms. The molecule has 0 aromatic rings. The van der Waals surface area contributed by atoms with Crippen LogP contribution in [0.1, 0.15) is 52.9 Å². The lowest BCUT2D eigenvalue weighted by Gasteiger charge is -2.28. The normalized spacial score (nSPS) is 19.8. The van der Waals surface area contributed by atoms with Crippen LogP contribution in [-0.4, -0.2) is 54.1 Å². The molecule has 3 atom stereocenters. The van der Waals surface area contributed by atoms with Crippen LogP contribution in [0.15, 0.2) is 0 Å². The Labute approximate surface area is 151 Å². The predicted octanol–water partition coefficient (Wildman–Crippen LogP) is 2.41. The lowest BCUT2D eigenvalue weighted by atomic mass is 9.98. The number of halogens is 3. The molecule has 0 saturated carbocycles. The summed E-state index contributed by atoms with van der Waals surface area (Å²) in [5.74, 6) is -3.63. The molecule has 0 bridgehead atoms. The molecule has 0 aromatic carbocycles. The fraction of sp³-hybridized carbons (Fsp3) is 0.824. The third-order valence-electron chi connectivity index (χ3n) is 4.57. The van der Waals surface area contributed by atoms with Gasteiger partial charge in [0.15, 0.2) is 0 Å². The summed E-state index contributed by atoms with van der Waals surface area (Å²) in [5.41, 5.74) is 0. The third kappa shape index (κ3) is 5.88. The second-order valence-electron chi connectivity index (χ2n) is 6.55. The first-order valence-electron chi connectivity index (χ1n) is 8.98. The number of alkyl halides is 3. The SMILES string of the molecule is CCCCOC(=O)[C@@H](NC(=O)[C@@H]1CCCN1C(=O)C(F)(F)F)[C@@H](C)CC. The minimum atomic E-state index is -5.03. The highest BCUT2D eigenvalue weighted by Gasteiger charge is 2.48. The Morgan fingerprint density at radius 2 is 1.92 bits per heavy atom. The molecule has 1 rings (SSSR count). The molecule has 150 valence electrons. The molecule has 1 saturated heterocycles. The van der Waals surface area contributed by atoms with Crippen molar-refractivity contribution in [2.75, 3.05) is 13.2 Å². The number of nitrogens with one attached hydrogen (secondary N) is 1. The Kier molecular flexibility index (Phi) is 8.36. The van der Waals surface area contributed by atoms with E-state index in [1.807, 2.05) is 13.8 Å². The standard InChI is InChI=1S/C17H27F3N2O4/c1-4-6-10-26-15(24)13(11(3)5-2)21-14(23)12-8-7-9-22(12)16(25)17(18,19)20/h11-13H,4-10H2,1-3H3,(H,21,23)/t11-,12-,13-/m0/s1. The molecule has 1 aliphatic rings. The third-order valence-corrected chi connectivity index (χ3v) is 4.57. The summed E-state index contributed by atoms with van der Waals surface area (Å²) in [4.78, 5) is 36.7. The van der Waals surface area contributed by atoms with Gasteiger partial charge in [0.25, 0.3) is 0 Å². The Morgan fingerprint density at radius 3 is 2.46 bits per heavy atom. The molecule has 1 fully saturated rings. The molecule has 0 aliphatic carbocycles. The van der Waals surface area contributed by atoms with Crippen molar-refractivity contribution in [1.82, 2.24) is 10.2 Å². The van der Waals surface area contributed by atoms with Crippen molar-refractivity contribution in [2.45, 2.75) is 71.1 Å². The van der Waals surface area contributed by atoms with Crippen LogP contribution < -0.4 is 5.32 Å². The van der Waals surface area contributed by atoms with E-state index in [0.717, 1.165) is 6.42 Å². The van der Waals surface area contributed by atoms with Gasteiger partial charge in [-0.3, -0.25) is 9.59 Å². The molecule has 1 aliphatic heterocycles. The second kappa shape index (κ2) is 9.78. The molecular weight excluding hydrogens is 353 g/mol. The van der Waals surface area contributed by atoms with Crippen molar-refractivity contribution >= 4 is 17.8 Å². The number of carbonyl (C=O) groups is 3. The van der Waals surface area contributed by atoms with Gasteiger partial charge in [0.1, 0.15) is 12.1 Å². The minimum Gasteiger partial charge on any atom is -0.464 e. The summed E-state index contributed by atoms with van der Waals surface area (Å²) in [6.07, 6.45) is -2.50. The number of likely N-dealkylation sites (tertiary alicyclic amines) is 1. The van der Waals surface area contributed by atoms with Crippen molar-refractivity contribution in [1.29, 1.82) is 0 Å². The highest BCUT2D eigenvalue weighted by Crippen LogP contribution is 2.26. The molecule has 0 spiro atoms. The van der Waals surface area contributed by atoms with E-state index < -0.39 is 36.0 Å². The molecule has 0 radical (unpaired) electrons. The van der Waals surface area contributed by atoms with E-state index in [0.29, 0.717) is 24.2 Å². The van der Waals surface area contributed by atoms with Crippen molar-refractivity contribution in [3.63, 3.8) is 0 Å². The average molecular weight is 380 g/mol. The number of amides is 2. The van der Waals surface area contributed by atoms with E-state index in [9.17, 15) is 27.6 Å². The summed E-state index contributed by atoms with van der Waals surface area (Å²) in [6.45, 7) is 5.61. The Bertz CT molecular complexity index is 511. The summed E-state index contributed by atoms with van der Waals surface area (Å²) >= 11 is 0. The van der Waals surface area contributed by atoms with Gasteiger partial charge in [0.05, 0.1) is 6.61 Å². The number of esters is 1. The largest absolute Gasteiger partial charge is 0.471 e. The molecule has 1 heterocycles. The number of hydrogen-bond donors (Lipinski definition) is 1. The van der Waals surface area contributed by atoms with Crippen molar-refractivity contribution in [2.24, 2.45) is 5.92 Å². The Morgan fingerprint density at radius 1 is 1.27 bits per heavy atom. The fourth-order valence-corrected chi connectivity index (χ4v) is 2.77. The first kappa shape index (κ1) is 22.2. The number of hydrogen-bond acceptors (Lipinski definition) is 4. The lowest BCUT2D eigenvalue weighted by Crippen LogP contribution is -2.54. The zero-order valence-corrected chi connectivity index (χ0v) is 15.4. The number of unbranched alkanes of at least 4 members (excludes halogenated alkanes) is 1. The van der Waals surface area contributed by atoms with Crippen molar-refractivity contribution in [3.8, 4) is 0 Å². The summed E-state index contributed by atoms with van der Waals surface area (Å²) in [6, 6.07) is -2.17. The van der Waals surface area contributed by atoms with Gasteiger partial charge in [0, 0.05) is 6.54 Å². The topological polar surface area (TPSA) is 75.7 Å². The van der Waals surface area contributed by atoms with Gasteiger partial charge in [-0.1, -0.05) is 33.6 Å². The molecule has 0 unspecified atom stereocenters. The lowest BCUT2D eigenvalue weighted by molar-refractivity contribution is -0.186. The first-order valence-corrected chi connectivity index (χ1v) is 8.98. The van der Waals surface area contributed by atoms with Gasteiger partial charge in [0.2, 0.25) is 5.91 Å². The quantitative estimate of drug-likeness (QED) is 0.518. The minimum absolute atomic E-state index is 0.131. The molecule has 0 aromatic heterocycles. The van der Waals surface area contributed by atoms with E-state index in [-0.39, 0.29) is 25.5 Å². The molecule has 6 nitrogen and oxygen atoms in total. The first-order chi connectivity index (χ1) is 12.1. The van der Waals surface area contributed by atoms with Crippen LogP contribution in [0.5, 0.6) is 0 Å². The van der Waals surface area contributed by atoms with Gasteiger partial charge >= 0.3 is 18.1 Å². The highest BCUT2D eigenvalue weighted by molar-refractivity contribution is 5.92. The van der Waals surface area contributed by atoms with Crippen LogP contribution in [0.2, 0.25) is 0 Å². The molecule has 26 heavy (non-hydrogen) atoms. The number of nitrogens with zero attached hydrogens (tertiary/aromatic N) is 1. The van der Waals surface area contributed by atoms with Crippen LogP contribution >= 0.6 is 0 Å². The maximum Gasteiger partial charge on any atom is 0.471 e. The van der Waals surface area contributed by atoms with Gasteiger partial charge < -0.3 is 15.0 Å². The maximum absolute atomic E-state index is 12.7. The van der Waals surface area contributed by atoms with Crippen LogP contribution in [0.25, 0.3) is 0 Å². The number of carbonyl (C=O) groups excluding carboxylic acids is 3. The number of rotatable bonds is 8. The maximum atomic E-state index is 12.7. The monoisotopic (exact) mass is 380 g/mol. The van der Waals surface area contributed by atoms with Gasteiger partial charge in [-0.2, -0.15) is 13.2 Å². The Hall–Kier alpha value is -1.80. The van der Waals surface area contributed by atoms with E-state index in [2.05, 4.69) is 5.32 Å². The molecule has 1 N–H and O–H groups in total. The van der Waals surface area contributed by atoms with E-state index in [1.165, 1.54) is 0 Å². The van der Waals surface area contributed by atoms with Gasteiger partial charge in [-0.25, -0.2) is 4.79 Å². The van der Waals surface area contributed by atoms with Crippen LogP contribution in [0.4, 0.5) is 13.2 Å². The van der Waals surface area contributed by atoms with Gasteiger partial charge in [-0.05, 0) is 25.2 Å². The van der Waals surface area contributed by atoms with Crippen molar-refractivity contribution < 1.29 is 32.3 Å². The van der Waals surface area contributed by atoms with Crippen LogP contribution in [0, 0.1) is 5.92 Å². The number of ether oxygens (including phenoxy) is 1. The van der Waals surface area contributed by atoms with Gasteiger partial charge in [-0.15, -0.1) is 0 Å². The summed E-state index contributed by atoms with van der Waals surface area (Å²) in [7, 11) is 0. The van der Waals surface area contributed by atoms with E-state index in [4.69, 9.17) is 4.74 Å². The zero-order valence-electron chi connectivity index (χ0n) is 15.4. The second-order valence-corrected chi connectivity index (χ2v) is 6.55. The average Bonchev–Trinajstić information content (AvgIpc) is 3.06.